The third kappa shape index (κ3) is 6.48. The Hall–Kier alpha value is -3.59. The number of hydrogen-bond donors (Lipinski definition) is 1. The largest absolute Gasteiger partial charge is 0.490 e. The maximum atomic E-state index is 12.6. The molecule has 0 fully saturated rings. The second-order valence-electron chi connectivity index (χ2n) is 7.13. The van der Waals surface area contributed by atoms with Crippen molar-refractivity contribution in [3.05, 3.63) is 52.9 Å². The van der Waals surface area contributed by atoms with Crippen LogP contribution in [-0.4, -0.2) is 43.3 Å². The molecule has 1 N–H and O–H groups in total. The lowest BCUT2D eigenvalue weighted by Gasteiger charge is -2.16. The Morgan fingerprint density at radius 3 is 2.15 bits per heavy atom. The minimum absolute atomic E-state index is 0.194. The fraction of sp³-hybridized carbons (Fsp3) is 0.320. The molecule has 1 amide bonds. The second kappa shape index (κ2) is 12.0. The first kappa shape index (κ1) is 25.0. The predicted molar refractivity (Wildman–Crippen MR) is 131 cm³/mol. The van der Waals surface area contributed by atoms with Crippen molar-refractivity contribution < 1.29 is 28.5 Å². The van der Waals surface area contributed by atoms with Crippen molar-refractivity contribution in [1.82, 2.24) is 4.98 Å². The Bertz CT molecular complexity index is 1100. The van der Waals surface area contributed by atoms with Gasteiger partial charge < -0.3 is 18.9 Å². The van der Waals surface area contributed by atoms with Crippen LogP contribution in [0.3, 0.4) is 0 Å². The van der Waals surface area contributed by atoms with Gasteiger partial charge in [0.05, 0.1) is 31.1 Å². The van der Waals surface area contributed by atoms with Crippen LogP contribution < -0.4 is 19.5 Å². The molecule has 0 aliphatic heterocycles. The molecule has 1 heterocycles. The van der Waals surface area contributed by atoms with E-state index in [1.165, 1.54) is 23.5 Å². The van der Waals surface area contributed by atoms with Crippen LogP contribution >= 0.6 is 11.3 Å². The summed E-state index contributed by atoms with van der Waals surface area (Å²) in [6, 6.07) is 11.0. The Morgan fingerprint density at radius 2 is 1.56 bits per heavy atom. The van der Waals surface area contributed by atoms with Gasteiger partial charge in [0.15, 0.2) is 23.2 Å². The molecule has 0 atom stereocenters. The van der Waals surface area contributed by atoms with Crippen LogP contribution in [0.15, 0.2) is 41.8 Å². The van der Waals surface area contributed by atoms with Crippen LogP contribution in [0.2, 0.25) is 0 Å². The van der Waals surface area contributed by atoms with Gasteiger partial charge in [0.1, 0.15) is 0 Å². The summed E-state index contributed by atoms with van der Waals surface area (Å²) in [7, 11) is 0. The Kier molecular flexibility index (Phi) is 8.86. The molecular weight excluding hydrogens is 456 g/mol. The first-order valence-electron chi connectivity index (χ1n) is 11.0. The van der Waals surface area contributed by atoms with Gasteiger partial charge in [-0.3, -0.25) is 10.1 Å². The number of carbonyl (C=O) groups is 2. The van der Waals surface area contributed by atoms with E-state index >= 15 is 0 Å². The van der Waals surface area contributed by atoms with Crippen LogP contribution in [0, 0.1) is 6.92 Å². The third-order valence-corrected chi connectivity index (χ3v) is 5.33. The van der Waals surface area contributed by atoms with E-state index in [0.29, 0.717) is 42.2 Å². The molecule has 0 unspecified atom stereocenters. The van der Waals surface area contributed by atoms with E-state index in [1.807, 2.05) is 57.3 Å². The number of rotatable bonds is 11. The first-order chi connectivity index (χ1) is 16.4. The number of ether oxygens (including phenoxy) is 4. The molecule has 0 saturated heterocycles. The van der Waals surface area contributed by atoms with E-state index in [1.54, 1.807) is 0 Å². The molecular formula is C25H28N2O6S. The van der Waals surface area contributed by atoms with Crippen molar-refractivity contribution >= 4 is 28.3 Å². The number of anilines is 1. The Morgan fingerprint density at radius 1 is 0.941 bits per heavy atom. The van der Waals surface area contributed by atoms with E-state index in [0.717, 1.165) is 16.8 Å². The summed E-state index contributed by atoms with van der Waals surface area (Å²) in [6.45, 7) is 8.23. The van der Waals surface area contributed by atoms with E-state index in [2.05, 4.69) is 10.3 Å². The van der Waals surface area contributed by atoms with Gasteiger partial charge in [0.25, 0.3) is 5.91 Å². The molecule has 3 rings (SSSR count). The predicted octanol–water partition coefficient (Wildman–Crippen LogP) is 5.11. The molecule has 1 aromatic heterocycles. The summed E-state index contributed by atoms with van der Waals surface area (Å²) < 4.78 is 22.1. The summed E-state index contributed by atoms with van der Waals surface area (Å²) >= 11 is 1.30. The second-order valence-corrected chi connectivity index (χ2v) is 7.99. The SMILES string of the molecule is CCOc1cc(C(=O)OCC(=O)Nc2nc(-c3ccc(C)cc3)cs2)cc(OCC)c1OCC. The minimum atomic E-state index is -0.681. The van der Waals surface area contributed by atoms with Crippen molar-refractivity contribution in [3.63, 3.8) is 0 Å². The maximum Gasteiger partial charge on any atom is 0.338 e. The van der Waals surface area contributed by atoms with Crippen LogP contribution in [0.5, 0.6) is 17.2 Å². The fourth-order valence-electron chi connectivity index (χ4n) is 3.06. The molecule has 8 nitrogen and oxygen atoms in total. The van der Waals surface area contributed by atoms with E-state index in [4.69, 9.17) is 18.9 Å². The molecule has 9 heteroatoms. The fourth-order valence-corrected chi connectivity index (χ4v) is 3.80. The summed E-state index contributed by atoms with van der Waals surface area (Å²) in [4.78, 5) is 29.4. The minimum Gasteiger partial charge on any atom is -0.490 e. The molecule has 180 valence electrons. The topological polar surface area (TPSA) is 96.0 Å². The van der Waals surface area contributed by atoms with E-state index in [-0.39, 0.29) is 5.56 Å². The van der Waals surface area contributed by atoms with Crippen LogP contribution in [-0.2, 0) is 9.53 Å². The van der Waals surface area contributed by atoms with Crippen molar-refractivity contribution in [3.8, 4) is 28.5 Å². The lowest BCUT2D eigenvalue weighted by molar-refractivity contribution is -0.119. The number of aryl methyl sites for hydroxylation is 1. The molecule has 0 radical (unpaired) electrons. The quantitative estimate of drug-likeness (QED) is 0.378. The number of nitrogens with zero attached hydrogens (tertiary/aromatic N) is 1. The van der Waals surface area contributed by atoms with Crippen molar-refractivity contribution in [2.24, 2.45) is 0 Å². The number of hydrogen-bond acceptors (Lipinski definition) is 8. The highest BCUT2D eigenvalue weighted by molar-refractivity contribution is 7.14. The number of esters is 1. The molecule has 0 bridgehead atoms. The van der Waals surface area contributed by atoms with Crippen LogP contribution in [0.4, 0.5) is 5.13 Å². The van der Waals surface area contributed by atoms with Crippen molar-refractivity contribution in [1.29, 1.82) is 0 Å². The number of amides is 1. The molecule has 0 aliphatic carbocycles. The number of thiazole rings is 1. The number of benzene rings is 2. The van der Waals surface area contributed by atoms with Gasteiger partial charge in [-0.2, -0.15) is 0 Å². The zero-order valence-electron chi connectivity index (χ0n) is 19.7. The van der Waals surface area contributed by atoms with Crippen LogP contribution in [0.1, 0.15) is 36.7 Å². The molecule has 3 aromatic rings. The van der Waals surface area contributed by atoms with Gasteiger partial charge in [-0.05, 0) is 39.8 Å². The highest BCUT2D eigenvalue weighted by Crippen LogP contribution is 2.39. The smallest absolute Gasteiger partial charge is 0.338 e. The Labute approximate surface area is 202 Å². The molecule has 0 aliphatic rings. The van der Waals surface area contributed by atoms with Gasteiger partial charge in [-0.25, -0.2) is 9.78 Å². The highest BCUT2D eigenvalue weighted by atomic mass is 32.1. The number of nitrogens with one attached hydrogen (secondary N) is 1. The summed E-state index contributed by atoms with van der Waals surface area (Å²) in [5.41, 5.74) is 3.07. The average Bonchev–Trinajstić information content (AvgIpc) is 3.28. The molecule has 34 heavy (non-hydrogen) atoms. The average molecular weight is 485 g/mol. The van der Waals surface area contributed by atoms with Crippen molar-refractivity contribution in [2.45, 2.75) is 27.7 Å². The van der Waals surface area contributed by atoms with Gasteiger partial charge in [0.2, 0.25) is 5.75 Å². The van der Waals surface area contributed by atoms with Gasteiger partial charge in [-0.1, -0.05) is 29.8 Å². The van der Waals surface area contributed by atoms with Gasteiger partial charge >= 0.3 is 5.97 Å². The number of carbonyl (C=O) groups excluding carboxylic acids is 2. The summed E-state index contributed by atoms with van der Waals surface area (Å²) in [5, 5.41) is 4.95. The van der Waals surface area contributed by atoms with Gasteiger partial charge in [-0.15, -0.1) is 11.3 Å². The highest BCUT2D eigenvalue weighted by Gasteiger charge is 2.20. The van der Waals surface area contributed by atoms with Gasteiger partial charge in [0, 0.05) is 10.9 Å². The molecule has 0 saturated carbocycles. The lowest BCUT2D eigenvalue weighted by Crippen LogP contribution is -2.21. The Balaban J connectivity index is 1.64. The molecule has 2 aromatic carbocycles. The maximum absolute atomic E-state index is 12.6. The lowest BCUT2D eigenvalue weighted by atomic mass is 10.1. The normalized spacial score (nSPS) is 10.5. The first-order valence-corrected chi connectivity index (χ1v) is 11.9. The zero-order chi connectivity index (χ0) is 24.5. The third-order valence-electron chi connectivity index (χ3n) is 4.58. The molecule has 0 spiro atoms. The summed E-state index contributed by atoms with van der Waals surface area (Å²) in [6.07, 6.45) is 0. The van der Waals surface area contributed by atoms with Crippen LogP contribution in [0.25, 0.3) is 11.3 Å². The van der Waals surface area contributed by atoms with E-state index < -0.39 is 18.5 Å². The standard InChI is InChI=1S/C25H28N2O6S/c1-5-30-20-12-18(13-21(31-6-2)23(20)32-7-3)24(29)33-14-22(28)27-25-26-19(15-34-25)17-10-8-16(4)9-11-17/h8-13,15H,5-7,14H2,1-4H3,(H,26,27,28). The van der Waals surface area contributed by atoms with E-state index in [9.17, 15) is 9.59 Å². The number of aromatic nitrogens is 1. The summed E-state index contributed by atoms with van der Waals surface area (Å²) in [5.74, 6) is 0.00336. The monoisotopic (exact) mass is 484 g/mol. The zero-order valence-corrected chi connectivity index (χ0v) is 20.5. The van der Waals surface area contributed by atoms with Crippen molar-refractivity contribution in [2.75, 3.05) is 31.7 Å².